The zero-order valence-electron chi connectivity index (χ0n) is 9.23. The molecule has 0 saturated heterocycles. The van der Waals surface area contributed by atoms with Gasteiger partial charge >= 0.3 is 0 Å². The summed E-state index contributed by atoms with van der Waals surface area (Å²) >= 11 is 3.35. The number of alkyl halides is 1. The third-order valence-electron chi connectivity index (χ3n) is 4.66. The second-order valence-electron chi connectivity index (χ2n) is 5.39. The number of hydrogen-bond donors (Lipinski definition) is 1. The molecule has 6 heteroatoms. The van der Waals surface area contributed by atoms with Gasteiger partial charge in [-0.3, -0.25) is 9.35 Å². The molecule has 0 spiro atoms. The molecule has 0 amide bonds. The fourth-order valence-corrected chi connectivity index (χ4v) is 6.11. The first-order chi connectivity index (χ1) is 7.12. The number of ketones is 1. The molecule has 92 valence electrons. The number of Topliss-reactive ketones (excluding diaryl/α,β-unsaturated/α-hetero) is 1. The van der Waals surface area contributed by atoms with Crippen molar-refractivity contribution in [1.82, 2.24) is 0 Å². The smallest absolute Gasteiger partial charge is 0.265 e. The van der Waals surface area contributed by atoms with E-state index in [1.54, 1.807) is 6.92 Å². The molecule has 2 saturated carbocycles. The Balaban J connectivity index is 2.47. The van der Waals surface area contributed by atoms with Gasteiger partial charge in [0.1, 0.15) is 0 Å². The van der Waals surface area contributed by atoms with E-state index >= 15 is 0 Å². The van der Waals surface area contributed by atoms with Crippen molar-refractivity contribution in [1.29, 1.82) is 0 Å². The second-order valence-corrected chi connectivity index (χ2v) is 7.83. The van der Waals surface area contributed by atoms with Crippen LogP contribution in [0.5, 0.6) is 0 Å². The van der Waals surface area contributed by atoms with Crippen LogP contribution in [0.1, 0.15) is 26.7 Å². The molecule has 0 heterocycles. The highest BCUT2D eigenvalue weighted by Gasteiger charge is 2.68. The molecular weight excluding hydrogens is 296 g/mol. The van der Waals surface area contributed by atoms with Crippen LogP contribution in [0.4, 0.5) is 0 Å². The lowest BCUT2D eigenvalue weighted by Crippen LogP contribution is -2.40. The van der Waals surface area contributed by atoms with Gasteiger partial charge in [0.15, 0.2) is 5.78 Å². The zero-order chi connectivity index (χ0) is 12.4. The SMILES string of the molecule is C[C@]12CCC(C(Br)C1=O)[C@@]2(C)CS(=O)(=O)O. The molecule has 2 aliphatic rings. The van der Waals surface area contributed by atoms with Crippen molar-refractivity contribution in [3.8, 4) is 0 Å². The third-order valence-corrected chi connectivity index (χ3v) is 6.68. The highest BCUT2D eigenvalue weighted by molar-refractivity contribution is 9.10. The van der Waals surface area contributed by atoms with Crippen LogP contribution in [0.3, 0.4) is 0 Å². The topological polar surface area (TPSA) is 71.4 Å². The Morgan fingerprint density at radius 2 is 2.06 bits per heavy atom. The van der Waals surface area contributed by atoms with Gasteiger partial charge < -0.3 is 0 Å². The molecule has 16 heavy (non-hydrogen) atoms. The van der Waals surface area contributed by atoms with E-state index in [1.807, 2.05) is 6.92 Å². The minimum absolute atomic E-state index is 0.00641. The molecule has 2 bridgehead atoms. The minimum atomic E-state index is -4.05. The van der Waals surface area contributed by atoms with Crippen LogP contribution in [0.25, 0.3) is 0 Å². The van der Waals surface area contributed by atoms with Gasteiger partial charge in [0.25, 0.3) is 10.1 Å². The first kappa shape index (κ1) is 12.5. The quantitative estimate of drug-likeness (QED) is 0.622. The van der Waals surface area contributed by atoms with E-state index in [4.69, 9.17) is 4.55 Å². The van der Waals surface area contributed by atoms with Crippen molar-refractivity contribution >= 4 is 31.8 Å². The Morgan fingerprint density at radius 1 is 1.50 bits per heavy atom. The van der Waals surface area contributed by atoms with Crippen LogP contribution < -0.4 is 0 Å². The Morgan fingerprint density at radius 3 is 2.44 bits per heavy atom. The summed E-state index contributed by atoms with van der Waals surface area (Å²) in [5, 5.41) is 0. The first-order valence-corrected chi connectivity index (χ1v) is 7.78. The standard InChI is InChI=1S/C10H15BrO4S/c1-9-4-3-6(7(11)8(9)12)10(9,2)5-16(13,14)15/h6-7H,3-5H2,1-2H3,(H,13,14,15)/t6?,7?,9-,10+/m0/s1. The number of halogens is 1. The molecule has 2 aliphatic carbocycles. The van der Waals surface area contributed by atoms with Crippen molar-refractivity contribution in [2.45, 2.75) is 31.5 Å². The van der Waals surface area contributed by atoms with E-state index in [0.717, 1.165) is 6.42 Å². The number of hydrogen-bond acceptors (Lipinski definition) is 3. The lowest BCUT2D eigenvalue weighted by atomic mass is 9.70. The fraction of sp³-hybridized carbons (Fsp3) is 0.900. The van der Waals surface area contributed by atoms with Gasteiger partial charge in [-0.15, -0.1) is 0 Å². The van der Waals surface area contributed by atoms with Crippen LogP contribution in [0.2, 0.25) is 0 Å². The molecule has 0 aromatic carbocycles. The maximum absolute atomic E-state index is 12.1. The highest BCUT2D eigenvalue weighted by Crippen LogP contribution is 2.65. The Kier molecular flexibility index (Phi) is 2.58. The summed E-state index contributed by atoms with van der Waals surface area (Å²) in [4.78, 5) is 11.8. The molecule has 0 aliphatic heterocycles. The van der Waals surface area contributed by atoms with Gasteiger partial charge in [0, 0.05) is 10.8 Å². The number of carbonyl (C=O) groups excluding carboxylic acids is 1. The lowest BCUT2D eigenvalue weighted by Gasteiger charge is -2.35. The molecule has 0 radical (unpaired) electrons. The largest absolute Gasteiger partial charge is 0.298 e. The van der Waals surface area contributed by atoms with E-state index in [2.05, 4.69) is 15.9 Å². The van der Waals surface area contributed by atoms with E-state index in [-0.39, 0.29) is 22.3 Å². The summed E-state index contributed by atoms with van der Waals surface area (Å²) in [6.45, 7) is 3.62. The van der Waals surface area contributed by atoms with Crippen LogP contribution in [-0.4, -0.2) is 29.3 Å². The van der Waals surface area contributed by atoms with E-state index < -0.39 is 20.9 Å². The highest BCUT2D eigenvalue weighted by atomic mass is 79.9. The average Bonchev–Trinajstić information content (AvgIpc) is 2.40. The molecular formula is C10H15BrO4S. The monoisotopic (exact) mass is 310 g/mol. The van der Waals surface area contributed by atoms with Crippen molar-refractivity contribution in [2.24, 2.45) is 16.7 Å². The van der Waals surface area contributed by atoms with Gasteiger partial charge in [-0.05, 0) is 18.8 Å². The molecule has 2 rings (SSSR count). The second kappa shape index (κ2) is 3.29. The van der Waals surface area contributed by atoms with E-state index in [0.29, 0.717) is 6.42 Å². The Labute approximate surface area is 104 Å². The summed E-state index contributed by atoms with van der Waals surface area (Å²) in [7, 11) is -4.05. The molecule has 0 aromatic rings. The van der Waals surface area contributed by atoms with Gasteiger partial charge in [0.05, 0.1) is 10.6 Å². The maximum Gasteiger partial charge on any atom is 0.265 e. The van der Waals surface area contributed by atoms with Crippen LogP contribution in [0, 0.1) is 16.7 Å². The van der Waals surface area contributed by atoms with Crippen LogP contribution >= 0.6 is 15.9 Å². The van der Waals surface area contributed by atoms with Crippen molar-refractivity contribution < 1.29 is 17.8 Å². The van der Waals surface area contributed by atoms with Gasteiger partial charge in [-0.2, -0.15) is 8.42 Å². The van der Waals surface area contributed by atoms with Gasteiger partial charge in [-0.1, -0.05) is 29.8 Å². The van der Waals surface area contributed by atoms with Crippen molar-refractivity contribution in [3.05, 3.63) is 0 Å². The van der Waals surface area contributed by atoms with Crippen molar-refractivity contribution in [3.63, 3.8) is 0 Å². The van der Waals surface area contributed by atoms with Gasteiger partial charge in [-0.25, -0.2) is 0 Å². The average molecular weight is 311 g/mol. The normalized spacial score (nSPS) is 47.6. The third kappa shape index (κ3) is 1.42. The van der Waals surface area contributed by atoms with Crippen molar-refractivity contribution in [2.75, 3.05) is 5.75 Å². The predicted molar refractivity (Wildman–Crippen MR) is 63.1 cm³/mol. The predicted octanol–water partition coefficient (Wildman–Crippen LogP) is 1.64. The molecule has 2 unspecified atom stereocenters. The Bertz CT molecular complexity index is 446. The number of fused-ring (bicyclic) bond motifs is 2. The minimum Gasteiger partial charge on any atom is -0.298 e. The molecule has 1 N–H and O–H groups in total. The summed E-state index contributed by atoms with van der Waals surface area (Å²) in [5.74, 6) is -0.239. The molecule has 0 aromatic heterocycles. The Hall–Kier alpha value is 0.0600. The number of carbonyl (C=O) groups is 1. The molecule has 2 fully saturated rings. The summed E-state index contributed by atoms with van der Waals surface area (Å²) < 4.78 is 31.2. The van der Waals surface area contributed by atoms with E-state index in [1.165, 1.54) is 0 Å². The maximum atomic E-state index is 12.1. The fourth-order valence-electron chi connectivity index (χ4n) is 3.46. The van der Waals surface area contributed by atoms with Crippen LogP contribution in [0.15, 0.2) is 0 Å². The van der Waals surface area contributed by atoms with Crippen LogP contribution in [-0.2, 0) is 14.9 Å². The lowest BCUT2D eigenvalue weighted by molar-refractivity contribution is -0.127. The van der Waals surface area contributed by atoms with E-state index in [9.17, 15) is 13.2 Å². The zero-order valence-corrected chi connectivity index (χ0v) is 11.6. The first-order valence-electron chi connectivity index (χ1n) is 5.25. The summed E-state index contributed by atoms with van der Waals surface area (Å²) in [5.41, 5.74) is -1.27. The summed E-state index contributed by atoms with van der Waals surface area (Å²) in [6.07, 6.45) is 1.55. The number of rotatable bonds is 2. The summed E-state index contributed by atoms with van der Waals surface area (Å²) in [6, 6.07) is 0. The molecule has 4 atom stereocenters. The molecule has 4 nitrogen and oxygen atoms in total. The van der Waals surface area contributed by atoms with Gasteiger partial charge in [0.2, 0.25) is 0 Å².